The van der Waals surface area contributed by atoms with Gasteiger partial charge in [0.15, 0.2) is 0 Å². The molecule has 0 spiro atoms. The van der Waals surface area contributed by atoms with Crippen LogP contribution in [0.3, 0.4) is 0 Å². The van der Waals surface area contributed by atoms with Crippen molar-refractivity contribution in [2.45, 2.75) is 6.54 Å². The number of nitrogens with zero attached hydrogens (tertiary/aromatic N) is 3. The first-order valence-electron chi connectivity index (χ1n) is 5.32. The van der Waals surface area contributed by atoms with Gasteiger partial charge in [0.05, 0.1) is 5.69 Å². The number of aromatic nitrogens is 1. The van der Waals surface area contributed by atoms with Crippen LogP contribution in [0.4, 0.5) is 5.88 Å². The molecule has 1 aromatic rings. The second-order valence-electron chi connectivity index (χ2n) is 4.01. The predicted octanol–water partition coefficient (Wildman–Crippen LogP) is 0.464. The maximum absolute atomic E-state index is 5.08. The van der Waals surface area contributed by atoms with Gasteiger partial charge in [-0.25, -0.2) is 0 Å². The number of nitrogens with one attached hydrogen (secondary N) is 1. The van der Waals surface area contributed by atoms with E-state index in [2.05, 4.69) is 27.3 Å². The average Bonchev–Trinajstić information content (AvgIpc) is 2.69. The highest BCUT2D eigenvalue weighted by Crippen LogP contribution is 2.11. The molecule has 5 nitrogen and oxygen atoms in total. The van der Waals surface area contributed by atoms with E-state index >= 15 is 0 Å². The van der Waals surface area contributed by atoms with Gasteiger partial charge in [0.1, 0.15) is 0 Å². The summed E-state index contributed by atoms with van der Waals surface area (Å²) in [7, 11) is 3.99. The summed E-state index contributed by atoms with van der Waals surface area (Å²) in [6.07, 6.45) is 0. The number of hydrogen-bond acceptors (Lipinski definition) is 5. The highest BCUT2D eigenvalue weighted by Gasteiger charge is 2.15. The van der Waals surface area contributed by atoms with Crippen molar-refractivity contribution < 1.29 is 4.52 Å². The van der Waals surface area contributed by atoms with Crippen LogP contribution in [0.5, 0.6) is 0 Å². The second kappa shape index (κ2) is 4.63. The van der Waals surface area contributed by atoms with Crippen LogP contribution in [-0.4, -0.2) is 55.2 Å². The fourth-order valence-electron chi connectivity index (χ4n) is 1.74. The minimum Gasteiger partial charge on any atom is -0.357 e. The van der Waals surface area contributed by atoms with E-state index in [1.807, 2.05) is 13.1 Å². The molecule has 2 heterocycles. The van der Waals surface area contributed by atoms with Crippen LogP contribution in [0.2, 0.25) is 0 Å². The lowest BCUT2D eigenvalue weighted by molar-refractivity contribution is 0.145. The van der Waals surface area contributed by atoms with Crippen LogP contribution in [-0.2, 0) is 6.54 Å². The Morgan fingerprint density at radius 2 is 2.13 bits per heavy atom. The molecule has 1 aromatic heterocycles. The molecule has 0 radical (unpaired) electrons. The predicted molar refractivity (Wildman–Crippen MR) is 58.8 cm³/mol. The smallest absolute Gasteiger partial charge is 0.224 e. The molecule has 0 aromatic carbocycles. The summed E-state index contributed by atoms with van der Waals surface area (Å²) < 4.78 is 5.08. The summed E-state index contributed by atoms with van der Waals surface area (Å²) >= 11 is 0. The van der Waals surface area contributed by atoms with E-state index in [4.69, 9.17) is 4.52 Å². The van der Waals surface area contributed by atoms with Crippen molar-refractivity contribution in [1.29, 1.82) is 0 Å². The molecular weight excluding hydrogens is 192 g/mol. The standard InChI is InChI=1S/C10H18N4O/c1-11-10-7-9(12-15-10)8-14-5-3-13(2)4-6-14/h7,11H,3-6,8H2,1-2H3. The van der Waals surface area contributed by atoms with E-state index in [9.17, 15) is 0 Å². The average molecular weight is 210 g/mol. The van der Waals surface area contributed by atoms with Crippen LogP contribution >= 0.6 is 0 Å². The van der Waals surface area contributed by atoms with Gasteiger partial charge in [-0.1, -0.05) is 5.16 Å². The zero-order valence-corrected chi connectivity index (χ0v) is 9.36. The van der Waals surface area contributed by atoms with Gasteiger partial charge in [0.25, 0.3) is 0 Å². The Hall–Kier alpha value is -1.07. The molecule has 84 valence electrons. The van der Waals surface area contributed by atoms with Crippen LogP contribution in [0.15, 0.2) is 10.6 Å². The Morgan fingerprint density at radius 3 is 2.73 bits per heavy atom. The molecule has 1 saturated heterocycles. The van der Waals surface area contributed by atoms with E-state index in [-0.39, 0.29) is 0 Å². The zero-order valence-electron chi connectivity index (χ0n) is 9.36. The molecule has 1 fully saturated rings. The summed E-state index contributed by atoms with van der Waals surface area (Å²) in [4.78, 5) is 4.75. The Labute approximate surface area is 90.0 Å². The minimum absolute atomic E-state index is 0.735. The highest BCUT2D eigenvalue weighted by molar-refractivity contribution is 5.30. The van der Waals surface area contributed by atoms with Crippen molar-refractivity contribution in [2.24, 2.45) is 0 Å². The van der Waals surface area contributed by atoms with Crippen molar-refractivity contribution in [2.75, 3.05) is 45.6 Å². The number of hydrogen-bond donors (Lipinski definition) is 1. The number of rotatable bonds is 3. The third-order valence-corrected chi connectivity index (χ3v) is 2.79. The molecule has 1 aliphatic heterocycles. The first-order chi connectivity index (χ1) is 7.28. The Morgan fingerprint density at radius 1 is 1.40 bits per heavy atom. The third kappa shape index (κ3) is 2.70. The summed E-state index contributed by atoms with van der Waals surface area (Å²) in [6, 6.07) is 1.96. The van der Waals surface area contributed by atoms with E-state index < -0.39 is 0 Å². The molecule has 1 N–H and O–H groups in total. The Kier molecular flexibility index (Phi) is 3.23. The molecular formula is C10H18N4O. The maximum atomic E-state index is 5.08. The summed E-state index contributed by atoms with van der Waals surface area (Å²) in [5.74, 6) is 0.735. The summed E-state index contributed by atoms with van der Waals surface area (Å²) in [6.45, 7) is 5.38. The van der Waals surface area contributed by atoms with Crippen molar-refractivity contribution >= 4 is 5.88 Å². The van der Waals surface area contributed by atoms with Crippen molar-refractivity contribution in [3.8, 4) is 0 Å². The summed E-state index contributed by atoms with van der Waals surface area (Å²) in [5, 5.41) is 6.94. The van der Waals surface area contributed by atoms with Gasteiger partial charge in [-0.2, -0.15) is 0 Å². The first kappa shape index (κ1) is 10.4. The van der Waals surface area contributed by atoms with Gasteiger partial charge in [0.2, 0.25) is 5.88 Å². The SMILES string of the molecule is CNc1cc(CN2CCN(C)CC2)no1. The highest BCUT2D eigenvalue weighted by atomic mass is 16.5. The number of likely N-dealkylation sites (N-methyl/N-ethyl adjacent to an activating group) is 1. The lowest BCUT2D eigenvalue weighted by Gasteiger charge is -2.31. The molecule has 0 aliphatic carbocycles. The fourth-order valence-corrected chi connectivity index (χ4v) is 1.74. The molecule has 0 unspecified atom stereocenters. The quantitative estimate of drug-likeness (QED) is 0.785. The van der Waals surface area contributed by atoms with E-state index in [1.165, 1.54) is 0 Å². The van der Waals surface area contributed by atoms with Crippen molar-refractivity contribution in [1.82, 2.24) is 15.0 Å². The molecule has 0 saturated carbocycles. The van der Waals surface area contributed by atoms with Crippen molar-refractivity contribution in [3.05, 3.63) is 11.8 Å². The summed E-state index contributed by atoms with van der Waals surface area (Å²) in [5.41, 5.74) is 1.00. The number of piperazine rings is 1. The topological polar surface area (TPSA) is 44.5 Å². The molecule has 5 heteroatoms. The van der Waals surface area contributed by atoms with Gasteiger partial charge in [-0.05, 0) is 7.05 Å². The molecule has 0 amide bonds. The fraction of sp³-hybridized carbons (Fsp3) is 0.700. The van der Waals surface area contributed by atoms with E-state index in [0.717, 1.165) is 44.3 Å². The molecule has 15 heavy (non-hydrogen) atoms. The van der Waals surface area contributed by atoms with Gasteiger partial charge < -0.3 is 14.7 Å². The van der Waals surface area contributed by atoms with Crippen LogP contribution in [0.1, 0.15) is 5.69 Å². The lowest BCUT2D eigenvalue weighted by atomic mass is 10.3. The van der Waals surface area contributed by atoms with Crippen molar-refractivity contribution in [3.63, 3.8) is 0 Å². The van der Waals surface area contributed by atoms with Gasteiger partial charge in [0, 0.05) is 45.8 Å². The van der Waals surface area contributed by atoms with E-state index in [1.54, 1.807) is 0 Å². The van der Waals surface area contributed by atoms with Gasteiger partial charge in [-0.15, -0.1) is 0 Å². The monoisotopic (exact) mass is 210 g/mol. The molecule has 0 bridgehead atoms. The second-order valence-corrected chi connectivity index (χ2v) is 4.01. The largest absolute Gasteiger partial charge is 0.357 e. The number of anilines is 1. The molecule has 1 aliphatic rings. The maximum Gasteiger partial charge on any atom is 0.224 e. The van der Waals surface area contributed by atoms with Gasteiger partial charge >= 0.3 is 0 Å². The molecule has 2 rings (SSSR count). The Balaban J connectivity index is 1.86. The van der Waals surface area contributed by atoms with E-state index in [0.29, 0.717) is 0 Å². The first-order valence-corrected chi connectivity index (χ1v) is 5.32. The van der Waals surface area contributed by atoms with Crippen LogP contribution in [0, 0.1) is 0 Å². The van der Waals surface area contributed by atoms with Crippen LogP contribution in [0.25, 0.3) is 0 Å². The van der Waals surface area contributed by atoms with Crippen LogP contribution < -0.4 is 5.32 Å². The van der Waals surface area contributed by atoms with Gasteiger partial charge in [-0.3, -0.25) is 4.90 Å². The Bertz CT molecular complexity index is 304. The molecule has 0 atom stereocenters. The normalized spacial score (nSPS) is 19.3. The lowest BCUT2D eigenvalue weighted by Crippen LogP contribution is -2.43. The third-order valence-electron chi connectivity index (χ3n) is 2.79. The minimum atomic E-state index is 0.735. The zero-order chi connectivity index (χ0) is 10.7.